The zero-order chi connectivity index (χ0) is 15.4. The summed E-state index contributed by atoms with van der Waals surface area (Å²) in [6, 6.07) is 15.0. The van der Waals surface area contributed by atoms with Gasteiger partial charge in [-0.1, -0.05) is 24.3 Å². The Kier molecular flexibility index (Phi) is 4.74. The van der Waals surface area contributed by atoms with Gasteiger partial charge in [-0.3, -0.25) is 0 Å². The maximum absolute atomic E-state index is 13.0. The fourth-order valence-electron chi connectivity index (χ4n) is 3.16. The molecule has 3 heteroatoms. The van der Waals surface area contributed by atoms with Gasteiger partial charge in [-0.25, -0.2) is 4.39 Å². The van der Waals surface area contributed by atoms with Crippen molar-refractivity contribution in [1.82, 2.24) is 0 Å². The van der Waals surface area contributed by atoms with Crippen LogP contribution in [0.4, 0.5) is 10.1 Å². The van der Waals surface area contributed by atoms with Crippen LogP contribution < -0.4 is 4.90 Å². The average Bonchev–Trinajstić information content (AvgIpc) is 2.57. The molecule has 0 spiro atoms. The summed E-state index contributed by atoms with van der Waals surface area (Å²) in [6.45, 7) is 2.17. The summed E-state index contributed by atoms with van der Waals surface area (Å²) in [6.07, 6.45) is 3.43. The minimum Gasteiger partial charge on any atom is -0.392 e. The van der Waals surface area contributed by atoms with E-state index < -0.39 is 0 Å². The SMILES string of the molecule is OCc1ccc(CC2CCN(c3ccc(F)cc3)CC2)cc1. The van der Waals surface area contributed by atoms with Gasteiger partial charge in [0.2, 0.25) is 0 Å². The molecule has 1 saturated heterocycles. The average molecular weight is 299 g/mol. The quantitative estimate of drug-likeness (QED) is 0.929. The van der Waals surface area contributed by atoms with E-state index >= 15 is 0 Å². The summed E-state index contributed by atoms with van der Waals surface area (Å²) >= 11 is 0. The van der Waals surface area contributed by atoms with Crippen LogP contribution in [0.2, 0.25) is 0 Å². The fourth-order valence-corrected chi connectivity index (χ4v) is 3.16. The molecule has 0 aromatic heterocycles. The zero-order valence-electron chi connectivity index (χ0n) is 12.7. The van der Waals surface area contributed by atoms with Crippen LogP contribution in [0.5, 0.6) is 0 Å². The van der Waals surface area contributed by atoms with Crippen LogP contribution in [0.1, 0.15) is 24.0 Å². The molecule has 0 atom stereocenters. The molecular formula is C19H22FNO. The highest BCUT2D eigenvalue weighted by molar-refractivity contribution is 5.46. The second-order valence-corrected chi connectivity index (χ2v) is 6.09. The lowest BCUT2D eigenvalue weighted by atomic mass is 9.89. The topological polar surface area (TPSA) is 23.5 Å². The number of benzene rings is 2. The van der Waals surface area contributed by atoms with E-state index in [0.29, 0.717) is 5.92 Å². The third-order valence-electron chi connectivity index (χ3n) is 4.54. The molecule has 3 rings (SSSR count). The molecule has 1 aliphatic heterocycles. The normalized spacial score (nSPS) is 16.0. The minimum absolute atomic E-state index is 0.107. The number of aliphatic hydroxyl groups is 1. The van der Waals surface area contributed by atoms with Crippen LogP contribution >= 0.6 is 0 Å². The van der Waals surface area contributed by atoms with Crippen LogP contribution in [0, 0.1) is 11.7 Å². The molecule has 1 heterocycles. The maximum Gasteiger partial charge on any atom is 0.123 e. The minimum atomic E-state index is -0.176. The van der Waals surface area contributed by atoms with Gasteiger partial charge in [-0.2, -0.15) is 0 Å². The second-order valence-electron chi connectivity index (χ2n) is 6.09. The number of piperidine rings is 1. The van der Waals surface area contributed by atoms with E-state index in [2.05, 4.69) is 17.0 Å². The number of hydrogen-bond donors (Lipinski definition) is 1. The number of hydrogen-bond acceptors (Lipinski definition) is 2. The van der Waals surface area contributed by atoms with Crippen molar-refractivity contribution < 1.29 is 9.50 Å². The van der Waals surface area contributed by atoms with Gasteiger partial charge in [0, 0.05) is 18.8 Å². The third-order valence-corrected chi connectivity index (χ3v) is 4.54. The van der Waals surface area contributed by atoms with Gasteiger partial charge in [-0.15, -0.1) is 0 Å². The number of aliphatic hydroxyl groups excluding tert-OH is 1. The molecule has 0 saturated carbocycles. The largest absolute Gasteiger partial charge is 0.392 e. The molecule has 1 N–H and O–H groups in total. The molecular weight excluding hydrogens is 277 g/mol. The van der Waals surface area contributed by atoms with E-state index in [1.807, 2.05) is 24.3 Å². The van der Waals surface area contributed by atoms with E-state index in [4.69, 9.17) is 5.11 Å². The Morgan fingerprint density at radius 2 is 1.50 bits per heavy atom. The number of anilines is 1. The molecule has 2 aromatic rings. The zero-order valence-corrected chi connectivity index (χ0v) is 12.7. The van der Waals surface area contributed by atoms with Crippen molar-refractivity contribution in [2.45, 2.75) is 25.9 Å². The van der Waals surface area contributed by atoms with Crippen molar-refractivity contribution in [3.05, 3.63) is 65.5 Å². The van der Waals surface area contributed by atoms with Gasteiger partial charge in [-0.05, 0) is 60.6 Å². The van der Waals surface area contributed by atoms with Crippen LogP contribution in [-0.4, -0.2) is 18.2 Å². The Balaban J connectivity index is 1.53. The van der Waals surface area contributed by atoms with E-state index in [1.165, 1.54) is 30.5 Å². The van der Waals surface area contributed by atoms with Gasteiger partial charge in [0.25, 0.3) is 0 Å². The molecule has 2 nitrogen and oxygen atoms in total. The van der Waals surface area contributed by atoms with E-state index in [0.717, 1.165) is 30.8 Å². The summed E-state index contributed by atoms with van der Waals surface area (Å²) in [4.78, 5) is 2.34. The summed E-state index contributed by atoms with van der Waals surface area (Å²) in [5.74, 6) is 0.529. The van der Waals surface area contributed by atoms with Crippen LogP contribution in [-0.2, 0) is 13.0 Å². The highest BCUT2D eigenvalue weighted by atomic mass is 19.1. The smallest absolute Gasteiger partial charge is 0.123 e. The summed E-state index contributed by atoms with van der Waals surface area (Å²) < 4.78 is 13.0. The predicted molar refractivity (Wildman–Crippen MR) is 87.4 cm³/mol. The highest BCUT2D eigenvalue weighted by Crippen LogP contribution is 2.26. The van der Waals surface area contributed by atoms with E-state index in [1.54, 1.807) is 0 Å². The summed E-state index contributed by atoms with van der Waals surface area (Å²) in [5.41, 5.74) is 3.43. The van der Waals surface area contributed by atoms with E-state index in [9.17, 15) is 4.39 Å². The van der Waals surface area contributed by atoms with Crippen molar-refractivity contribution in [1.29, 1.82) is 0 Å². The Labute approximate surface area is 131 Å². The fraction of sp³-hybridized carbons (Fsp3) is 0.368. The Hall–Kier alpha value is -1.87. The van der Waals surface area contributed by atoms with Crippen LogP contribution in [0.15, 0.2) is 48.5 Å². The van der Waals surface area contributed by atoms with Gasteiger partial charge >= 0.3 is 0 Å². The summed E-state index contributed by atoms with van der Waals surface area (Å²) in [7, 11) is 0. The monoisotopic (exact) mass is 299 g/mol. The molecule has 22 heavy (non-hydrogen) atoms. The molecule has 116 valence electrons. The molecule has 2 aromatic carbocycles. The second kappa shape index (κ2) is 6.93. The maximum atomic E-state index is 13.0. The van der Waals surface area contributed by atoms with Crippen molar-refractivity contribution in [2.75, 3.05) is 18.0 Å². The van der Waals surface area contributed by atoms with Crippen molar-refractivity contribution >= 4 is 5.69 Å². The first-order valence-electron chi connectivity index (χ1n) is 7.94. The first-order valence-corrected chi connectivity index (χ1v) is 7.94. The molecule has 0 bridgehead atoms. The van der Waals surface area contributed by atoms with Gasteiger partial charge in [0.05, 0.1) is 6.61 Å². The van der Waals surface area contributed by atoms with Crippen LogP contribution in [0.3, 0.4) is 0 Å². The molecule has 1 aliphatic rings. The standard InChI is InChI=1S/C19H22FNO/c20-18-5-7-19(8-6-18)21-11-9-16(10-12-21)13-15-1-3-17(14-22)4-2-15/h1-8,16,22H,9-14H2. The molecule has 0 amide bonds. The van der Waals surface area contributed by atoms with E-state index in [-0.39, 0.29) is 12.4 Å². The molecule has 0 aliphatic carbocycles. The van der Waals surface area contributed by atoms with Gasteiger partial charge in [0.1, 0.15) is 5.82 Å². The molecule has 0 radical (unpaired) electrons. The molecule has 1 fully saturated rings. The Morgan fingerprint density at radius 3 is 2.09 bits per heavy atom. The first-order chi connectivity index (χ1) is 10.7. The van der Waals surface area contributed by atoms with Crippen LogP contribution in [0.25, 0.3) is 0 Å². The van der Waals surface area contributed by atoms with Gasteiger partial charge < -0.3 is 10.0 Å². The Morgan fingerprint density at radius 1 is 0.909 bits per heavy atom. The lowest BCUT2D eigenvalue weighted by molar-refractivity contribution is 0.282. The summed E-state index contributed by atoms with van der Waals surface area (Å²) in [5, 5.41) is 9.08. The number of halogens is 1. The van der Waals surface area contributed by atoms with Crippen molar-refractivity contribution in [3.8, 4) is 0 Å². The Bertz CT molecular complexity index is 586. The number of nitrogens with zero attached hydrogens (tertiary/aromatic N) is 1. The van der Waals surface area contributed by atoms with Gasteiger partial charge in [0.15, 0.2) is 0 Å². The lowest BCUT2D eigenvalue weighted by Gasteiger charge is -2.33. The lowest BCUT2D eigenvalue weighted by Crippen LogP contribution is -2.34. The first kappa shape index (κ1) is 15.0. The molecule has 0 unspecified atom stereocenters. The number of rotatable bonds is 4. The third kappa shape index (κ3) is 3.66. The van der Waals surface area contributed by atoms with Crippen molar-refractivity contribution in [2.24, 2.45) is 5.92 Å². The highest BCUT2D eigenvalue weighted by Gasteiger charge is 2.19. The van der Waals surface area contributed by atoms with Crippen molar-refractivity contribution in [3.63, 3.8) is 0 Å². The predicted octanol–water partition coefficient (Wildman–Crippen LogP) is 3.78.